The normalized spacial score (nSPS) is 19.7. The predicted molar refractivity (Wildman–Crippen MR) is 77.9 cm³/mol. The number of benzene rings is 1. The van der Waals surface area contributed by atoms with E-state index in [0.717, 1.165) is 23.5 Å². The lowest BCUT2D eigenvalue weighted by molar-refractivity contribution is 0.299. The second-order valence-corrected chi connectivity index (χ2v) is 7.62. The Kier molecular flexibility index (Phi) is 5.27. The Morgan fingerprint density at radius 3 is 2.63 bits per heavy atom. The summed E-state index contributed by atoms with van der Waals surface area (Å²) in [4.78, 5) is 0.292. The largest absolute Gasteiger partial charge is 0.396 e. The van der Waals surface area contributed by atoms with Crippen LogP contribution in [0.4, 0.5) is 0 Å². The maximum absolute atomic E-state index is 12.1. The first-order valence-electron chi connectivity index (χ1n) is 6.39. The molecule has 4 nitrogen and oxygen atoms in total. The lowest BCUT2D eigenvalue weighted by Gasteiger charge is -2.11. The van der Waals surface area contributed by atoms with Crippen molar-refractivity contribution in [3.63, 3.8) is 0 Å². The molecule has 0 radical (unpaired) electrons. The van der Waals surface area contributed by atoms with Gasteiger partial charge in [0, 0.05) is 13.2 Å². The fourth-order valence-electron chi connectivity index (χ4n) is 2.02. The molecule has 1 atom stereocenters. The predicted octanol–water partition coefficient (Wildman–Crippen LogP) is 1.25. The van der Waals surface area contributed by atoms with Crippen LogP contribution in [0, 0.1) is 5.92 Å². The van der Waals surface area contributed by atoms with Crippen molar-refractivity contribution in [1.82, 2.24) is 4.72 Å². The van der Waals surface area contributed by atoms with Gasteiger partial charge in [0.2, 0.25) is 10.0 Å². The highest BCUT2D eigenvalue weighted by atomic mass is 32.2. The molecule has 2 N–H and O–H groups in total. The summed E-state index contributed by atoms with van der Waals surface area (Å²) in [7, 11) is -3.40. The molecule has 1 aromatic carbocycles. The standard InChI is InChI=1S/C13H19NO3S2/c15-7-5-11-1-3-13(4-2-11)19(16,17)14-9-12-6-8-18-10-12/h1-4,12,14-15H,5-10H2. The van der Waals surface area contributed by atoms with Crippen LogP contribution in [0.1, 0.15) is 12.0 Å². The summed E-state index contributed by atoms with van der Waals surface area (Å²) in [6.07, 6.45) is 1.63. The van der Waals surface area contributed by atoms with Crippen molar-refractivity contribution >= 4 is 21.8 Å². The molecule has 6 heteroatoms. The van der Waals surface area contributed by atoms with Crippen LogP contribution in [0.3, 0.4) is 0 Å². The summed E-state index contributed by atoms with van der Waals surface area (Å²) in [5.41, 5.74) is 0.939. The summed E-state index contributed by atoms with van der Waals surface area (Å²) in [6.45, 7) is 0.595. The van der Waals surface area contributed by atoms with Crippen LogP contribution in [0.15, 0.2) is 29.2 Å². The molecule has 1 heterocycles. The Labute approximate surface area is 118 Å². The molecule has 1 aromatic rings. The van der Waals surface area contributed by atoms with Gasteiger partial charge in [0.15, 0.2) is 0 Å². The van der Waals surface area contributed by atoms with Gasteiger partial charge in [-0.05, 0) is 48.0 Å². The fraction of sp³-hybridized carbons (Fsp3) is 0.538. The monoisotopic (exact) mass is 301 g/mol. The van der Waals surface area contributed by atoms with Crippen molar-refractivity contribution in [3.8, 4) is 0 Å². The Morgan fingerprint density at radius 2 is 2.05 bits per heavy atom. The van der Waals surface area contributed by atoms with E-state index in [1.165, 1.54) is 0 Å². The van der Waals surface area contributed by atoms with Crippen molar-refractivity contribution in [1.29, 1.82) is 0 Å². The van der Waals surface area contributed by atoms with Crippen LogP contribution in [-0.4, -0.2) is 38.2 Å². The minimum absolute atomic E-state index is 0.0731. The van der Waals surface area contributed by atoms with Gasteiger partial charge >= 0.3 is 0 Å². The highest BCUT2D eigenvalue weighted by Gasteiger charge is 2.19. The molecule has 1 saturated heterocycles. The first-order valence-corrected chi connectivity index (χ1v) is 9.03. The average molecular weight is 301 g/mol. The second-order valence-electron chi connectivity index (χ2n) is 4.70. The lowest BCUT2D eigenvalue weighted by atomic mass is 10.1. The molecule has 1 fully saturated rings. The second kappa shape index (κ2) is 6.74. The maximum atomic E-state index is 12.1. The van der Waals surface area contributed by atoms with E-state index in [1.807, 2.05) is 11.8 Å². The highest BCUT2D eigenvalue weighted by molar-refractivity contribution is 7.99. The molecule has 1 aliphatic heterocycles. The van der Waals surface area contributed by atoms with E-state index in [0.29, 0.717) is 23.8 Å². The number of nitrogens with one attached hydrogen (secondary N) is 1. The van der Waals surface area contributed by atoms with E-state index in [9.17, 15) is 8.42 Å². The molecule has 19 heavy (non-hydrogen) atoms. The zero-order valence-corrected chi connectivity index (χ0v) is 12.3. The number of aliphatic hydroxyl groups excluding tert-OH is 1. The third-order valence-corrected chi connectivity index (χ3v) is 5.89. The molecule has 0 spiro atoms. The van der Waals surface area contributed by atoms with Crippen LogP contribution in [0.5, 0.6) is 0 Å². The number of hydrogen-bond acceptors (Lipinski definition) is 4. The van der Waals surface area contributed by atoms with Crippen molar-refractivity contribution in [3.05, 3.63) is 29.8 Å². The molecule has 0 aromatic heterocycles. The van der Waals surface area contributed by atoms with Gasteiger partial charge in [0.1, 0.15) is 0 Å². The molecule has 0 saturated carbocycles. The van der Waals surface area contributed by atoms with E-state index < -0.39 is 10.0 Å². The molecule has 1 aliphatic rings. The Balaban J connectivity index is 1.97. The van der Waals surface area contributed by atoms with Crippen LogP contribution < -0.4 is 4.72 Å². The van der Waals surface area contributed by atoms with Gasteiger partial charge in [-0.15, -0.1) is 0 Å². The van der Waals surface area contributed by atoms with Crippen molar-refractivity contribution in [2.45, 2.75) is 17.7 Å². The smallest absolute Gasteiger partial charge is 0.240 e. The Hall–Kier alpha value is -0.560. The molecule has 106 valence electrons. The summed E-state index contributed by atoms with van der Waals surface area (Å²) in [5, 5.41) is 8.82. The third kappa shape index (κ3) is 4.21. The van der Waals surface area contributed by atoms with Gasteiger partial charge in [-0.1, -0.05) is 12.1 Å². The fourth-order valence-corrected chi connectivity index (χ4v) is 4.42. The molecular formula is C13H19NO3S2. The summed E-state index contributed by atoms with van der Waals surface area (Å²) < 4.78 is 26.9. The summed E-state index contributed by atoms with van der Waals surface area (Å²) in [6, 6.07) is 6.68. The zero-order valence-electron chi connectivity index (χ0n) is 10.7. The molecule has 0 bridgehead atoms. The van der Waals surface area contributed by atoms with Crippen LogP contribution in [-0.2, 0) is 16.4 Å². The van der Waals surface area contributed by atoms with Crippen molar-refractivity contribution in [2.24, 2.45) is 5.92 Å². The van der Waals surface area contributed by atoms with E-state index in [-0.39, 0.29) is 6.61 Å². The quantitative estimate of drug-likeness (QED) is 0.830. The first-order chi connectivity index (χ1) is 9.12. The number of sulfonamides is 1. The minimum atomic E-state index is -3.40. The zero-order chi connectivity index (χ0) is 13.7. The Morgan fingerprint density at radius 1 is 1.32 bits per heavy atom. The van der Waals surface area contributed by atoms with Crippen LogP contribution in [0.2, 0.25) is 0 Å². The molecule has 1 unspecified atom stereocenters. The topological polar surface area (TPSA) is 66.4 Å². The lowest BCUT2D eigenvalue weighted by Crippen LogP contribution is -2.29. The van der Waals surface area contributed by atoms with Gasteiger partial charge < -0.3 is 5.11 Å². The first kappa shape index (κ1) is 14.8. The van der Waals surface area contributed by atoms with Gasteiger partial charge in [0.25, 0.3) is 0 Å². The number of thioether (sulfide) groups is 1. The molecule has 2 rings (SSSR count). The average Bonchev–Trinajstić information content (AvgIpc) is 2.91. The van der Waals surface area contributed by atoms with Crippen molar-refractivity contribution in [2.75, 3.05) is 24.7 Å². The Bertz CT molecular complexity index is 493. The maximum Gasteiger partial charge on any atom is 0.240 e. The number of hydrogen-bond donors (Lipinski definition) is 2. The summed E-state index contributed by atoms with van der Waals surface area (Å²) in [5.74, 6) is 2.62. The van der Waals surface area contributed by atoms with Crippen molar-refractivity contribution < 1.29 is 13.5 Å². The van der Waals surface area contributed by atoms with Gasteiger partial charge in [-0.3, -0.25) is 0 Å². The van der Waals surface area contributed by atoms with E-state index in [2.05, 4.69) is 4.72 Å². The van der Waals surface area contributed by atoms with Crippen LogP contribution in [0.25, 0.3) is 0 Å². The molecule has 0 amide bonds. The van der Waals surface area contributed by atoms with Gasteiger partial charge in [0.05, 0.1) is 4.90 Å². The number of rotatable bonds is 6. The SMILES string of the molecule is O=S(=O)(NCC1CCSC1)c1ccc(CCO)cc1. The minimum Gasteiger partial charge on any atom is -0.396 e. The van der Waals surface area contributed by atoms with E-state index >= 15 is 0 Å². The molecule has 0 aliphatic carbocycles. The van der Waals surface area contributed by atoms with E-state index in [4.69, 9.17) is 5.11 Å². The van der Waals surface area contributed by atoms with Gasteiger partial charge in [-0.2, -0.15) is 11.8 Å². The highest BCUT2D eigenvalue weighted by Crippen LogP contribution is 2.23. The van der Waals surface area contributed by atoms with E-state index in [1.54, 1.807) is 24.3 Å². The summed E-state index contributed by atoms with van der Waals surface area (Å²) >= 11 is 1.88. The van der Waals surface area contributed by atoms with Crippen LogP contribution >= 0.6 is 11.8 Å². The number of aliphatic hydroxyl groups is 1. The molecular weight excluding hydrogens is 282 g/mol. The third-order valence-electron chi connectivity index (χ3n) is 3.22. The van der Waals surface area contributed by atoms with Gasteiger partial charge in [-0.25, -0.2) is 13.1 Å².